The van der Waals surface area contributed by atoms with Crippen LogP contribution in [-0.2, 0) is 12.6 Å². The highest BCUT2D eigenvalue weighted by atomic mass is 32.1. The minimum atomic E-state index is -0.749. The van der Waals surface area contributed by atoms with E-state index in [9.17, 15) is 9.18 Å². The van der Waals surface area contributed by atoms with Crippen molar-refractivity contribution >= 4 is 23.5 Å². The highest BCUT2D eigenvalue weighted by molar-refractivity contribution is 7.77. The molecule has 1 aromatic heterocycles. The predicted octanol–water partition coefficient (Wildman–Crippen LogP) is 4.57. The predicted molar refractivity (Wildman–Crippen MR) is 110 cm³/mol. The zero-order chi connectivity index (χ0) is 19.8. The van der Waals surface area contributed by atoms with Gasteiger partial charge in [0.05, 0.1) is 6.54 Å². The van der Waals surface area contributed by atoms with Gasteiger partial charge in [-0.15, -0.1) is 6.58 Å². The minimum absolute atomic E-state index is 0.215. The van der Waals surface area contributed by atoms with Gasteiger partial charge in [0.2, 0.25) is 11.8 Å². The maximum absolute atomic E-state index is 13.2. The highest BCUT2D eigenvalue weighted by Crippen LogP contribution is 2.22. The van der Waals surface area contributed by atoms with Gasteiger partial charge in [-0.1, -0.05) is 19.9 Å². The second kappa shape index (κ2) is 10.1. The third kappa shape index (κ3) is 5.30. The first-order valence-electron chi connectivity index (χ1n) is 9.14. The SMILES string of the molecule is C=CCN=C([S-])[C@H](C(=O)c1ccc(F)cc1)[n+]1ccc(C(CC)CC)cc1. The van der Waals surface area contributed by atoms with Crippen molar-refractivity contribution in [2.75, 3.05) is 6.54 Å². The van der Waals surface area contributed by atoms with Gasteiger partial charge in [0, 0.05) is 17.7 Å². The van der Waals surface area contributed by atoms with Crippen LogP contribution in [0, 0.1) is 5.82 Å². The van der Waals surface area contributed by atoms with Crippen LogP contribution in [0.3, 0.4) is 0 Å². The molecule has 0 radical (unpaired) electrons. The molecule has 0 N–H and O–H groups in total. The number of hydrogen-bond acceptors (Lipinski definition) is 3. The normalized spacial score (nSPS) is 12.8. The number of Topliss-reactive ketones (excluding diaryl/α,β-unsaturated/α-hetero) is 1. The van der Waals surface area contributed by atoms with Crippen LogP contribution < -0.4 is 4.57 Å². The summed E-state index contributed by atoms with van der Waals surface area (Å²) in [6.07, 6.45) is 7.49. The Morgan fingerprint density at radius 1 is 1.19 bits per heavy atom. The fraction of sp³-hybridized carbons (Fsp3) is 0.318. The average molecular weight is 385 g/mol. The van der Waals surface area contributed by atoms with Gasteiger partial charge in [-0.05, 0) is 53.6 Å². The molecule has 142 valence electrons. The molecule has 0 spiro atoms. The van der Waals surface area contributed by atoms with E-state index < -0.39 is 6.04 Å². The van der Waals surface area contributed by atoms with E-state index in [1.165, 1.54) is 29.8 Å². The fourth-order valence-electron chi connectivity index (χ4n) is 3.04. The standard InChI is InChI=1S/C22H25FN2OS/c1-4-13-24-22(27)20(21(26)18-7-9-19(23)10-8-18)25-14-11-17(12-15-25)16(5-2)6-3/h4,7-12,14-16,20H,1,5-6,13H2,2-3H3/t20-/m0/s1. The van der Waals surface area contributed by atoms with Crippen LogP contribution in [0.15, 0.2) is 66.4 Å². The van der Waals surface area contributed by atoms with Gasteiger partial charge in [-0.3, -0.25) is 4.79 Å². The Morgan fingerprint density at radius 2 is 1.78 bits per heavy atom. The number of carbonyl (C=O) groups is 1. The van der Waals surface area contributed by atoms with Gasteiger partial charge < -0.3 is 17.6 Å². The molecule has 0 saturated heterocycles. The number of rotatable bonds is 9. The molecule has 0 saturated carbocycles. The number of hydrogen-bond donors (Lipinski definition) is 0. The first kappa shape index (κ1) is 20.9. The monoisotopic (exact) mass is 384 g/mol. The van der Waals surface area contributed by atoms with Crippen molar-refractivity contribution < 1.29 is 13.8 Å². The first-order chi connectivity index (χ1) is 13.0. The third-order valence-corrected chi connectivity index (χ3v) is 4.97. The summed E-state index contributed by atoms with van der Waals surface area (Å²) < 4.78 is 15.0. The van der Waals surface area contributed by atoms with Crippen molar-refractivity contribution in [3.63, 3.8) is 0 Å². The topological polar surface area (TPSA) is 33.3 Å². The second-order valence-electron chi connectivity index (χ2n) is 6.33. The molecule has 0 bridgehead atoms. The summed E-state index contributed by atoms with van der Waals surface area (Å²) in [5.74, 6) is -0.111. The smallest absolute Gasteiger partial charge is 0.237 e. The van der Waals surface area contributed by atoms with E-state index in [1.807, 2.05) is 24.5 Å². The van der Waals surface area contributed by atoms with Crippen LogP contribution in [0.5, 0.6) is 0 Å². The van der Waals surface area contributed by atoms with Crippen molar-refractivity contribution in [3.8, 4) is 0 Å². The van der Waals surface area contributed by atoms with Crippen LogP contribution in [0.2, 0.25) is 0 Å². The molecule has 1 aromatic carbocycles. The Hall–Kier alpha value is -2.40. The Kier molecular flexibility index (Phi) is 7.80. The average Bonchev–Trinajstić information content (AvgIpc) is 2.69. The molecule has 0 aliphatic rings. The maximum Gasteiger partial charge on any atom is 0.237 e. The lowest BCUT2D eigenvalue weighted by molar-refractivity contribution is -0.692. The Bertz CT molecular complexity index is 796. The number of halogens is 1. The summed E-state index contributed by atoms with van der Waals surface area (Å²) in [5.41, 5.74) is 1.63. The summed E-state index contributed by atoms with van der Waals surface area (Å²) in [4.78, 5) is 17.3. The summed E-state index contributed by atoms with van der Waals surface area (Å²) in [7, 11) is 0. The van der Waals surface area contributed by atoms with Gasteiger partial charge in [0.15, 0.2) is 12.4 Å². The third-order valence-electron chi connectivity index (χ3n) is 4.62. The van der Waals surface area contributed by atoms with Crippen LogP contribution in [0.4, 0.5) is 4.39 Å². The van der Waals surface area contributed by atoms with Crippen molar-refractivity contribution in [1.82, 2.24) is 0 Å². The fourth-order valence-corrected chi connectivity index (χ4v) is 3.35. The molecular formula is C22H25FN2OS. The molecule has 0 unspecified atom stereocenters. The Morgan fingerprint density at radius 3 is 2.30 bits per heavy atom. The van der Waals surface area contributed by atoms with Gasteiger partial charge in [0.25, 0.3) is 0 Å². The summed E-state index contributed by atoms with van der Waals surface area (Å²) in [5, 5.41) is 0.282. The van der Waals surface area contributed by atoms with Crippen molar-refractivity contribution in [1.29, 1.82) is 0 Å². The van der Waals surface area contributed by atoms with E-state index in [4.69, 9.17) is 12.6 Å². The molecule has 0 aliphatic heterocycles. The van der Waals surface area contributed by atoms with Gasteiger partial charge >= 0.3 is 0 Å². The Labute approximate surface area is 166 Å². The maximum atomic E-state index is 13.2. The van der Waals surface area contributed by atoms with Crippen LogP contribution in [-0.4, -0.2) is 17.4 Å². The zero-order valence-electron chi connectivity index (χ0n) is 15.8. The molecule has 1 atom stereocenters. The number of aromatic nitrogens is 1. The van der Waals surface area contributed by atoms with E-state index in [0.29, 0.717) is 18.0 Å². The molecule has 2 rings (SSSR count). The molecule has 0 aliphatic carbocycles. The van der Waals surface area contributed by atoms with Gasteiger partial charge in [-0.25, -0.2) is 4.39 Å². The summed E-state index contributed by atoms with van der Waals surface area (Å²) in [6, 6.07) is 8.79. The minimum Gasteiger partial charge on any atom is -0.758 e. The number of benzene rings is 1. The van der Waals surface area contributed by atoms with Crippen LogP contribution in [0.25, 0.3) is 0 Å². The number of carbonyl (C=O) groups excluding carboxylic acids is 1. The molecular weight excluding hydrogens is 359 g/mol. The number of ketones is 1. The molecule has 3 nitrogen and oxygen atoms in total. The number of nitrogens with zero attached hydrogens (tertiary/aromatic N) is 2. The Balaban J connectivity index is 2.41. The van der Waals surface area contributed by atoms with Crippen LogP contribution in [0.1, 0.15) is 54.6 Å². The largest absolute Gasteiger partial charge is 0.758 e. The van der Waals surface area contributed by atoms with Gasteiger partial charge in [0.1, 0.15) is 5.82 Å². The van der Waals surface area contributed by atoms with Crippen molar-refractivity contribution in [2.24, 2.45) is 4.99 Å². The lowest BCUT2D eigenvalue weighted by Gasteiger charge is -2.19. The van der Waals surface area contributed by atoms with E-state index in [2.05, 4.69) is 25.4 Å². The molecule has 0 fully saturated rings. The zero-order valence-corrected chi connectivity index (χ0v) is 16.6. The summed E-state index contributed by atoms with van der Waals surface area (Å²) >= 11 is 5.42. The van der Waals surface area contributed by atoms with E-state index >= 15 is 0 Å². The van der Waals surface area contributed by atoms with Crippen molar-refractivity contribution in [2.45, 2.75) is 38.6 Å². The molecule has 27 heavy (non-hydrogen) atoms. The van der Waals surface area contributed by atoms with E-state index in [0.717, 1.165) is 12.8 Å². The first-order valence-corrected chi connectivity index (χ1v) is 9.55. The number of aliphatic imine (C=N–C) groups is 1. The second-order valence-corrected chi connectivity index (χ2v) is 6.75. The highest BCUT2D eigenvalue weighted by Gasteiger charge is 2.28. The van der Waals surface area contributed by atoms with Gasteiger partial charge in [-0.2, -0.15) is 4.57 Å². The lowest BCUT2D eigenvalue weighted by atomic mass is 9.95. The molecule has 1 heterocycles. The van der Waals surface area contributed by atoms with Crippen LogP contribution >= 0.6 is 0 Å². The lowest BCUT2D eigenvalue weighted by Crippen LogP contribution is -2.47. The van der Waals surface area contributed by atoms with E-state index in [1.54, 1.807) is 10.6 Å². The summed E-state index contributed by atoms with van der Waals surface area (Å²) in [6.45, 7) is 8.32. The molecule has 2 aromatic rings. The number of pyridine rings is 1. The quantitative estimate of drug-likeness (QED) is 0.158. The van der Waals surface area contributed by atoms with E-state index in [-0.39, 0.29) is 16.6 Å². The van der Waals surface area contributed by atoms with Crippen molar-refractivity contribution in [3.05, 3.63) is 78.4 Å². The molecule has 5 heteroatoms. The molecule has 0 amide bonds.